The number of benzene rings is 3. The zero-order valence-electron chi connectivity index (χ0n) is 23.0. The molecule has 0 amide bonds. The summed E-state index contributed by atoms with van der Waals surface area (Å²) >= 11 is 0. The van der Waals surface area contributed by atoms with Crippen molar-refractivity contribution in [3.63, 3.8) is 0 Å². The lowest BCUT2D eigenvalue weighted by atomic mass is 9.99. The fourth-order valence-corrected chi connectivity index (χ4v) is 5.63. The summed E-state index contributed by atoms with van der Waals surface area (Å²) in [5.41, 5.74) is 5.79. The van der Waals surface area contributed by atoms with Gasteiger partial charge in [-0.2, -0.15) is 0 Å². The van der Waals surface area contributed by atoms with Gasteiger partial charge in [-0.05, 0) is 64.5 Å². The molecule has 1 fully saturated rings. The molecule has 5 aromatic rings. The van der Waals surface area contributed by atoms with Crippen LogP contribution in [-0.2, 0) is 6.54 Å². The second-order valence-corrected chi connectivity index (χ2v) is 10.3. The number of nitrogens with one attached hydrogen (secondary N) is 1. The van der Waals surface area contributed by atoms with Gasteiger partial charge in [0.25, 0.3) is 5.56 Å². The Balaban J connectivity index is 1.40. The summed E-state index contributed by atoms with van der Waals surface area (Å²) in [6.07, 6.45) is 0. The van der Waals surface area contributed by atoms with Crippen LogP contribution in [0.15, 0.2) is 77.6 Å². The predicted molar refractivity (Wildman–Crippen MR) is 156 cm³/mol. The molecule has 9 heteroatoms. The summed E-state index contributed by atoms with van der Waals surface area (Å²) in [7, 11) is 1.70. The van der Waals surface area contributed by atoms with Gasteiger partial charge in [0, 0.05) is 31.7 Å². The summed E-state index contributed by atoms with van der Waals surface area (Å²) in [5, 5.41) is 13.9. The number of aryl methyl sites for hydroxylation is 2. The molecule has 3 aromatic carbocycles. The maximum Gasteiger partial charge on any atom is 0.253 e. The molecule has 0 spiro atoms. The van der Waals surface area contributed by atoms with Gasteiger partial charge in [0.1, 0.15) is 11.8 Å². The monoisotopic (exact) mass is 535 g/mol. The number of methoxy groups -OCH3 is 1. The normalized spacial score (nSPS) is 14.9. The SMILES string of the molecule is COc1ccccc1N1CCN([C@@H](c2cc3ccc(C)c(C)c3[nH]c2=O)c2nnnn2Cc2ccccc2)CC1. The molecule has 1 atom stereocenters. The molecule has 0 aliphatic carbocycles. The molecule has 40 heavy (non-hydrogen) atoms. The van der Waals surface area contributed by atoms with Crippen molar-refractivity contribution < 1.29 is 4.74 Å². The van der Waals surface area contributed by atoms with Crippen LogP contribution in [0.5, 0.6) is 5.75 Å². The largest absolute Gasteiger partial charge is 0.495 e. The smallest absolute Gasteiger partial charge is 0.253 e. The minimum atomic E-state index is -0.409. The summed E-state index contributed by atoms with van der Waals surface area (Å²) in [5.74, 6) is 1.51. The molecule has 1 aliphatic heterocycles. The van der Waals surface area contributed by atoms with Gasteiger partial charge in [0.2, 0.25) is 0 Å². The maximum absolute atomic E-state index is 13.7. The van der Waals surface area contributed by atoms with Gasteiger partial charge in [-0.1, -0.05) is 54.6 Å². The lowest BCUT2D eigenvalue weighted by Gasteiger charge is -2.40. The van der Waals surface area contributed by atoms with Crippen LogP contribution in [0.4, 0.5) is 5.69 Å². The molecule has 204 valence electrons. The minimum Gasteiger partial charge on any atom is -0.495 e. The van der Waals surface area contributed by atoms with Crippen LogP contribution in [0.1, 0.15) is 34.1 Å². The van der Waals surface area contributed by atoms with Crippen molar-refractivity contribution in [3.8, 4) is 5.75 Å². The minimum absolute atomic E-state index is 0.118. The van der Waals surface area contributed by atoms with Gasteiger partial charge in [0.15, 0.2) is 5.82 Å². The van der Waals surface area contributed by atoms with E-state index in [-0.39, 0.29) is 5.56 Å². The zero-order valence-corrected chi connectivity index (χ0v) is 23.0. The molecule has 0 radical (unpaired) electrons. The molecule has 0 bridgehead atoms. The molecular formula is C31H33N7O2. The van der Waals surface area contributed by atoms with Gasteiger partial charge in [-0.15, -0.1) is 5.10 Å². The number of rotatable bonds is 7. The molecule has 1 aliphatic rings. The van der Waals surface area contributed by atoms with Crippen molar-refractivity contribution in [3.05, 3.63) is 111 Å². The van der Waals surface area contributed by atoms with Crippen molar-refractivity contribution in [2.24, 2.45) is 0 Å². The van der Waals surface area contributed by atoms with Crippen molar-refractivity contribution in [2.75, 3.05) is 38.2 Å². The van der Waals surface area contributed by atoms with Gasteiger partial charge >= 0.3 is 0 Å². The molecule has 6 rings (SSSR count). The van der Waals surface area contributed by atoms with Crippen LogP contribution in [0.25, 0.3) is 10.9 Å². The van der Waals surface area contributed by atoms with E-state index in [9.17, 15) is 4.79 Å². The first kappa shape index (κ1) is 25.8. The van der Waals surface area contributed by atoms with Gasteiger partial charge < -0.3 is 14.6 Å². The van der Waals surface area contributed by atoms with Crippen LogP contribution in [0, 0.1) is 13.8 Å². The number of ether oxygens (including phenoxy) is 1. The maximum atomic E-state index is 13.7. The molecule has 2 aromatic heterocycles. The summed E-state index contributed by atoms with van der Waals surface area (Å²) in [6, 6.07) is 24.0. The van der Waals surface area contributed by atoms with Gasteiger partial charge in [0.05, 0.1) is 24.9 Å². The first-order valence-corrected chi connectivity index (χ1v) is 13.6. The fraction of sp³-hybridized carbons (Fsp3) is 0.290. The second-order valence-electron chi connectivity index (χ2n) is 10.3. The Hall–Kier alpha value is -4.50. The second kappa shape index (κ2) is 10.9. The van der Waals surface area contributed by atoms with E-state index in [1.54, 1.807) is 7.11 Å². The highest BCUT2D eigenvalue weighted by molar-refractivity contribution is 5.83. The van der Waals surface area contributed by atoms with Crippen molar-refractivity contribution in [2.45, 2.75) is 26.4 Å². The number of anilines is 1. The topological polar surface area (TPSA) is 92.2 Å². The van der Waals surface area contributed by atoms with E-state index in [1.807, 2.05) is 54.1 Å². The number of fused-ring (bicyclic) bond motifs is 1. The van der Waals surface area contributed by atoms with E-state index in [4.69, 9.17) is 4.74 Å². The predicted octanol–water partition coefficient (Wildman–Crippen LogP) is 4.10. The highest BCUT2D eigenvalue weighted by Crippen LogP contribution is 2.32. The molecular weight excluding hydrogens is 502 g/mol. The van der Waals surface area contributed by atoms with E-state index in [1.165, 1.54) is 0 Å². The standard InChI is InChI=1S/C31H33N7O2/c1-21-13-14-24-19-25(31(39)32-28(24)22(21)2)29(30-33-34-35-38(30)20-23-9-5-4-6-10-23)37-17-15-36(16-18-37)26-11-7-8-12-27(26)40-3/h4-14,19,29H,15-18,20H2,1-3H3,(H,32,39)/t29-/m0/s1. The molecule has 0 saturated carbocycles. The third-order valence-electron chi connectivity index (χ3n) is 7.96. The van der Waals surface area contributed by atoms with Crippen LogP contribution in [0.2, 0.25) is 0 Å². The average Bonchev–Trinajstić information content (AvgIpc) is 3.44. The molecule has 3 heterocycles. The Morgan fingerprint density at radius 2 is 1.70 bits per heavy atom. The molecule has 1 saturated heterocycles. The molecule has 1 N–H and O–H groups in total. The average molecular weight is 536 g/mol. The first-order chi connectivity index (χ1) is 19.5. The number of piperazine rings is 1. The summed E-state index contributed by atoms with van der Waals surface area (Å²) in [6.45, 7) is 7.63. The van der Waals surface area contributed by atoms with Gasteiger partial charge in [-0.25, -0.2) is 4.68 Å². The number of nitrogens with zero attached hydrogens (tertiary/aromatic N) is 6. The number of H-pyrrole nitrogens is 1. The lowest BCUT2D eigenvalue weighted by molar-refractivity contribution is 0.200. The number of tetrazole rings is 1. The zero-order chi connectivity index (χ0) is 27.6. The first-order valence-electron chi connectivity index (χ1n) is 13.6. The number of aromatic nitrogens is 5. The van der Waals surface area contributed by atoms with Crippen molar-refractivity contribution in [1.82, 2.24) is 30.1 Å². The molecule has 9 nitrogen and oxygen atoms in total. The molecule has 0 unspecified atom stereocenters. The van der Waals surface area contributed by atoms with Crippen LogP contribution in [-0.4, -0.2) is 63.4 Å². The lowest BCUT2D eigenvalue weighted by Crippen LogP contribution is -2.49. The van der Waals surface area contributed by atoms with E-state index in [0.29, 0.717) is 17.9 Å². The highest BCUT2D eigenvalue weighted by atomic mass is 16.5. The Morgan fingerprint density at radius 3 is 2.48 bits per heavy atom. The Morgan fingerprint density at radius 1 is 0.950 bits per heavy atom. The number of para-hydroxylation sites is 2. The number of hydrogen-bond donors (Lipinski definition) is 1. The van der Waals surface area contributed by atoms with E-state index >= 15 is 0 Å². The van der Waals surface area contributed by atoms with E-state index in [0.717, 1.165) is 65.2 Å². The summed E-state index contributed by atoms with van der Waals surface area (Å²) < 4.78 is 7.43. The number of hydrogen-bond acceptors (Lipinski definition) is 7. The third-order valence-corrected chi connectivity index (χ3v) is 7.96. The quantitative estimate of drug-likeness (QED) is 0.336. The van der Waals surface area contributed by atoms with Crippen molar-refractivity contribution >= 4 is 16.6 Å². The van der Waals surface area contributed by atoms with Crippen LogP contribution < -0.4 is 15.2 Å². The van der Waals surface area contributed by atoms with E-state index in [2.05, 4.69) is 67.6 Å². The third kappa shape index (κ3) is 4.84. The fourth-order valence-electron chi connectivity index (χ4n) is 5.63. The number of pyridine rings is 1. The Bertz CT molecular complexity index is 1690. The Labute approximate surface area is 233 Å². The Kier molecular flexibility index (Phi) is 7.04. The van der Waals surface area contributed by atoms with Crippen molar-refractivity contribution in [1.29, 1.82) is 0 Å². The van der Waals surface area contributed by atoms with E-state index < -0.39 is 6.04 Å². The van der Waals surface area contributed by atoms with Crippen LogP contribution >= 0.6 is 0 Å². The van der Waals surface area contributed by atoms with Gasteiger partial charge in [-0.3, -0.25) is 9.69 Å². The van der Waals surface area contributed by atoms with Crippen LogP contribution in [0.3, 0.4) is 0 Å². The number of aromatic amines is 1. The summed E-state index contributed by atoms with van der Waals surface area (Å²) in [4.78, 5) is 21.6. The highest BCUT2D eigenvalue weighted by Gasteiger charge is 2.33.